The van der Waals surface area contributed by atoms with E-state index in [1.54, 1.807) is 0 Å². The third kappa shape index (κ3) is 5.19. The van der Waals surface area contributed by atoms with Gasteiger partial charge in [0.2, 0.25) is 0 Å². The van der Waals surface area contributed by atoms with Crippen LogP contribution in [-0.2, 0) is 6.42 Å². The van der Waals surface area contributed by atoms with Crippen molar-refractivity contribution in [1.82, 2.24) is 0 Å². The molecule has 0 spiro atoms. The average molecular weight is 795 g/mol. The molecule has 13 rings (SSSR count). The smallest absolute Gasteiger partial charge is 0.136 e. The molecule has 2 heteroatoms. The summed E-state index contributed by atoms with van der Waals surface area (Å²) in [6.45, 7) is 2.35. The molecule has 0 fully saturated rings. The van der Waals surface area contributed by atoms with E-state index in [1.165, 1.54) is 108 Å². The average Bonchev–Trinajstić information content (AvgIpc) is 3.88. The maximum absolute atomic E-state index is 6.77. The molecule has 0 radical (unpaired) electrons. The van der Waals surface area contributed by atoms with Crippen LogP contribution in [0.15, 0.2) is 192 Å². The van der Waals surface area contributed by atoms with Crippen molar-refractivity contribution in [3.8, 4) is 44.5 Å². The molecule has 1 aliphatic rings. The molecule has 1 nitrogen and oxygen atoms in total. The second-order valence-electron chi connectivity index (χ2n) is 16.7. The molecule has 2 heterocycles. The Morgan fingerprint density at radius 3 is 1.72 bits per heavy atom. The van der Waals surface area contributed by atoms with Crippen LogP contribution in [0.5, 0.6) is 0 Å². The van der Waals surface area contributed by atoms with Crippen LogP contribution < -0.4 is 0 Å². The van der Waals surface area contributed by atoms with Gasteiger partial charge >= 0.3 is 0 Å². The lowest BCUT2D eigenvalue weighted by molar-refractivity contribution is 0.669. The summed E-state index contributed by atoms with van der Waals surface area (Å²) >= 11 is 1.89. The van der Waals surface area contributed by atoms with Gasteiger partial charge in [0.05, 0.1) is 0 Å². The summed E-state index contributed by atoms with van der Waals surface area (Å²) in [6.07, 6.45) is 5.79. The first kappa shape index (κ1) is 34.6. The Labute approximate surface area is 357 Å². The van der Waals surface area contributed by atoms with Crippen molar-refractivity contribution in [3.63, 3.8) is 0 Å². The van der Waals surface area contributed by atoms with Crippen molar-refractivity contribution in [3.05, 3.63) is 199 Å². The van der Waals surface area contributed by atoms with E-state index in [2.05, 4.69) is 201 Å². The molecule has 1 atom stereocenters. The third-order valence-electron chi connectivity index (χ3n) is 13.2. The van der Waals surface area contributed by atoms with E-state index in [-0.39, 0.29) is 0 Å². The summed E-state index contributed by atoms with van der Waals surface area (Å²) in [5.41, 5.74) is 14.6. The van der Waals surface area contributed by atoms with Gasteiger partial charge in [-0.1, -0.05) is 171 Å². The lowest BCUT2D eigenvalue weighted by atomic mass is 9.77. The van der Waals surface area contributed by atoms with Crippen molar-refractivity contribution in [2.45, 2.75) is 13.3 Å². The first-order chi connectivity index (χ1) is 30.2. The summed E-state index contributed by atoms with van der Waals surface area (Å²) in [4.78, 5) is 0. The van der Waals surface area contributed by atoms with Gasteiger partial charge in [0.15, 0.2) is 0 Å². The zero-order chi connectivity index (χ0) is 40.2. The molecule has 10 aromatic carbocycles. The van der Waals surface area contributed by atoms with Crippen LogP contribution in [0.2, 0.25) is 0 Å². The third-order valence-corrected chi connectivity index (χ3v) is 14.3. The number of benzene rings is 10. The second kappa shape index (κ2) is 13.4. The minimum atomic E-state index is 0.430. The zero-order valence-corrected chi connectivity index (χ0v) is 34.4. The fraction of sp³-hybridized carbons (Fsp3) is 0.0508. The highest BCUT2D eigenvalue weighted by molar-refractivity contribution is 7.25. The molecule has 0 saturated heterocycles. The first-order valence-electron chi connectivity index (χ1n) is 21.3. The summed E-state index contributed by atoms with van der Waals surface area (Å²) in [6, 6.07) is 67.1. The molecule has 1 unspecified atom stereocenters. The molecule has 2 aromatic heterocycles. The van der Waals surface area contributed by atoms with E-state index < -0.39 is 0 Å². The van der Waals surface area contributed by atoms with E-state index in [0.29, 0.717) is 5.92 Å². The number of rotatable bonds is 4. The number of furan rings is 1. The number of thiophene rings is 1. The fourth-order valence-corrected chi connectivity index (χ4v) is 11.8. The number of fused-ring (bicyclic) bond motifs is 10. The van der Waals surface area contributed by atoms with Crippen molar-refractivity contribution in [2.24, 2.45) is 5.92 Å². The van der Waals surface area contributed by atoms with Crippen LogP contribution in [-0.4, -0.2) is 0 Å². The fourth-order valence-electron chi connectivity index (χ4n) is 10.6. The summed E-state index contributed by atoms with van der Waals surface area (Å²) < 4.78 is 9.44. The van der Waals surface area contributed by atoms with Gasteiger partial charge in [-0.25, -0.2) is 0 Å². The predicted molar refractivity (Wildman–Crippen MR) is 263 cm³/mol. The van der Waals surface area contributed by atoms with Gasteiger partial charge in [-0.05, 0) is 131 Å². The molecule has 0 saturated carbocycles. The lowest BCUT2D eigenvalue weighted by Crippen LogP contribution is -2.08. The van der Waals surface area contributed by atoms with Crippen LogP contribution in [0.3, 0.4) is 0 Å². The van der Waals surface area contributed by atoms with Gasteiger partial charge in [0, 0.05) is 30.9 Å². The number of allylic oxidation sites excluding steroid dienone is 1. The molecule has 0 amide bonds. The largest absolute Gasteiger partial charge is 0.456 e. The number of hydrogen-bond acceptors (Lipinski definition) is 2. The SMILES string of the molecule is CC1C=Cc2c(c(-c3ccc4c(c3)sc3ccccc34)c3ccccc3c2-c2cccc3oc4ccc(-c5c6ccccc6c(-c6ccccc6)c6ccccc56)cc4c23)C1. The van der Waals surface area contributed by atoms with Gasteiger partial charge in [-0.15, -0.1) is 11.3 Å². The molecular weight excluding hydrogens is 757 g/mol. The predicted octanol–water partition coefficient (Wildman–Crippen LogP) is 17.3. The Balaban J connectivity index is 1.08. The first-order valence-corrected chi connectivity index (χ1v) is 22.1. The van der Waals surface area contributed by atoms with Crippen LogP contribution in [0.1, 0.15) is 18.1 Å². The Kier molecular flexibility index (Phi) is 7.58. The standard InChI is InChI=1S/C59H38OS/c1-35-26-29-47-49(32-35)57(38-27-30-40-39-16-11-12-25-53(39)61-54(40)34-38)45-21-9-10-22-46(45)58(47)48-23-13-24-52-59(48)50-33-37(28-31-51(50)60-52)56-43-19-7-5-17-41(43)55(36-14-3-2-4-15-36)42-18-6-8-20-44(42)56/h2-31,33-35H,32H2,1H3. The minimum Gasteiger partial charge on any atom is -0.456 e. The summed E-state index contributed by atoms with van der Waals surface area (Å²) in [5.74, 6) is 0.430. The van der Waals surface area contributed by atoms with Crippen molar-refractivity contribution < 1.29 is 4.42 Å². The molecule has 0 bridgehead atoms. The molecule has 0 aliphatic heterocycles. The maximum Gasteiger partial charge on any atom is 0.136 e. The van der Waals surface area contributed by atoms with Crippen LogP contribution >= 0.6 is 11.3 Å². The Hall–Kier alpha value is -7.26. The Morgan fingerprint density at radius 1 is 0.426 bits per heavy atom. The van der Waals surface area contributed by atoms with Crippen LogP contribution in [0, 0.1) is 5.92 Å². The Morgan fingerprint density at radius 2 is 1.00 bits per heavy atom. The zero-order valence-electron chi connectivity index (χ0n) is 33.6. The molecular formula is C59H38OS. The van der Waals surface area contributed by atoms with Gasteiger partial charge < -0.3 is 4.42 Å². The van der Waals surface area contributed by atoms with Gasteiger partial charge in [0.1, 0.15) is 11.2 Å². The highest BCUT2D eigenvalue weighted by atomic mass is 32.1. The second-order valence-corrected chi connectivity index (χ2v) is 17.8. The van der Waals surface area contributed by atoms with Crippen molar-refractivity contribution in [1.29, 1.82) is 0 Å². The highest BCUT2D eigenvalue weighted by Crippen LogP contribution is 2.50. The summed E-state index contributed by atoms with van der Waals surface area (Å²) in [5, 5.41) is 12.5. The quantitative estimate of drug-likeness (QED) is 0.162. The Bertz CT molecular complexity index is 3750. The van der Waals surface area contributed by atoms with Crippen LogP contribution in [0.25, 0.3) is 125 Å². The van der Waals surface area contributed by atoms with Crippen LogP contribution in [0.4, 0.5) is 0 Å². The highest BCUT2D eigenvalue weighted by Gasteiger charge is 2.26. The van der Waals surface area contributed by atoms with E-state index in [0.717, 1.165) is 28.4 Å². The van der Waals surface area contributed by atoms with Gasteiger partial charge in [-0.2, -0.15) is 0 Å². The van der Waals surface area contributed by atoms with E-state index in [1.807, 2.05) is 11.3 Å². The van der Waals surface area contributed by atoms with Crippen molar-refractivity contribution >= 4 is 91.8 Å². The van der Waals surface area contributed by atoms with E-state index >= 15 is 0 Å². The van der Waals surface area contributed by atoms with E-state index in [9.17, 15) is 0 Å². The monoisotopic (exact) mass is 794 g/mol. The topological polar surface area (TPSA) is 13.1 Å². The number of hydrogen-bond donors (Lipinski definition) is 0. The maximum atomic E-state index is 6.77. The minimum absolute atomic E-state index is 0.430. The van der Waals surface area contributed by atoms with Crippen molar-refractivity contribution in [2.75, 3.05) is 0 Å². The molecule has 61 heavy (non-hydrogen) atoms. The molecule has 12 aromatic rings. The molecule has 286 valence electrons. The van der Waals surface area contributed by atoms with Gasteiger partial charge in [0.25, 0.3) is 0 Å². The summed E-state index contributed by atoms with van der Waals surface area (Å²) in [7, 11) is 0. The normalized spacial score (nSPS) is 14.0. The van der Waals surface area contributed by atoms with E-state index in [4.69, 9.17) is 4.42 Å². The van der Waals surface area contributed by atoms with Gasteiger partial charge in [-0.3, -0.25) is 0 Å². The molecule has 0 N–H and O–H groups in total. The molecule has 1 aliphatic carbocycles. The lowest BCUT2D eigenvalue weighted by Gasteiger charge is -2.26.